The van der Waals surface area contributed by atoms with E-state index in [2.05, 4.69) is 4.72 Å². The fourth-order valence-corrected chi connectivity index (χ4v) is 3.53. The van der Waals surface area contributed by atoms with Gasteiger partial charge in [-0.15, -0.1) is 0 Å². The Bertz CT molecular complexity index is 945. The van der Waals surface area contributed by atoms with Crippen LogP contribution in [0.1, 0.15) is 5.56 Å². The summed E-state index contributed by atoms with van der Waals surface area (Å²) in [5, 5.41) is 11.0. The Labute approximate surface area is 142 Å². The van der Waals surface area contributed by atoms with Gasteiger partial charge in [0.15, 0.2) is 11.5 Å². The van der Waals surface area contributed by atoms with Gasteiger partial charge in [0.2, 0.25) is 6.79 Å². The summed E-state index contributed by atoms with van der Waals surface area (Å²) >= 11 is 5.92. The quantitative estimate of drug-likeness (QED) is 0.654. The summed E-state index contributed by atoms with van der Waals surface area (Å²) in [5.41, 5.74) is 0.0656. The molecule has 1 aliphatic heterocycles. The molecular weight excluding hydrogens is 360 g/mol. The molecule has 2 aromatic carbocycles. The molecule has 0 aromatic heterocycles. The van der Waals surface area contributed by atoms with Crippen molar-refractivity contribution >= 4 is 33.0 Å². The number of nitrogens with one attached hydrogen (secondary N) is 1. The van der Waals surface area contributed by atoms with Gasteiger partial charge in [0.05, 0.1) is 20.5 Å². The van der Waals surface area contributed by atoms with Crippen molar-refractivity contribution in [2.45, 2.75) is 11.8 Å². The first-order valence-corrected chi connectivity index (χ1v) is 8.51. The standard InChI is InChI=1S/C14H11ClN2O6S/c1-8-11(15)5-10(6-12(8)17(18)19)24(20,21)16-9-2-3-13-14(4-9)23-7-22-13/h2-6,16H,7H2,1H3. The zero-order valence-electron chi connectivity index (χ0n) is 12.3. The molecule has 0 amide bonds. The van der Waals surface area contributed by atoms with E-state index in [-0.39, 0.29) is 33.6 Å². The molecule has 0 saturated heterocycles. The monoisotopic (exact) mass is 370 g/mol. The van der Waals surface area contributed by atoms with Gasteiger partial charge in [-0.05, 0) is 25.1 Å². The summed E-state index contributed by atoms with van der Waals surface area (Å²) in [6.45, 7) is 1.51. The number of hydrogen-bond acceptors (Lipinski definition) is 6. The highest BCUT2D eigenvalue weighted by atomic mass is 35.5. The Morgan fingerprint density at radius 2 is 1.92 bits per heavy atom. The third kappa shape index (κ3) is 2.95. The van der Waals surface area contributed by atoms with Gasteiger partial charge >= 0.3 is 0 Å². The van der Waals surface area contributed by atoms with Crippen LogP contribution in [0.4, 0.5) is 11.4 Å². The van der Waals surface area contributed by atoms with Crippen LogP contribution in [-0.4, -0.2) is 20.1 Å². The maximum absolute atomic E-state index is 12.5. The number of ether oxygens (including phenoxy) is 2. The van der Waals surface area contributed by atoms with Gasteiger partial charge in [0.25, 0.3) is 15.7 Å². The van der Waals surface area contributed by atoms with Crippen molar-refractivity contribution in [2.75, 3.05) is 11.5 Å². The number of rotatable bonds is 4. The van der Waals surface area contributed by atoms with Crippen LogP contribution < -0.4 is 14.2 Å². The van der Waals surface area contributed by atoms with Gasteiger partial charge in [-0.1, -0.05) is 11.6 Å². The topological polar surface area (TPSA) is 108 Å². The number of benzene rings is 2. The molecule has 0 aliphatic carbocycles. The minimum Gasteiger partial charge on any atom is -0.454 e. The highest BCUT2D eigenvalue weighted by Crippen LogP contribution is 2.35. The number of anilines is 1. The SMILES string of the molecule is Cc1c(Cl)cc(S(=O)(=O)Nc2ccc3c(c2)OCO3)cc1[N+](=O)[O-]. The van der Waals surface area contributed by atoms with E-state index >= 15 is 0 Å². The molecule has 8 nitrogen and oxygen atoms in total. The van der Waals surface area contributed by atoms with Gasteiger partial charge in [-0.25, -0.2) is 8.42 Å². The Hall–Kier alpha value is -2.52. The van der Waals surface area contributed by atoms with Crippen LogP contribution in [0.3, 0.4) is 0 Å². The third-order valence-electron chi connectivity index (χ3n) is 3.42. The summed E-state index contributed by atoms with van der Waals surface area (Å²) in [6.07, 6.45) is 0. The van der Waals surface area contributed by atoms with Gasteiger partial charge < -0.3 is 9.47 Å². The number of halogens is 1. The molecule has 0 spiro atoms. The molecule has 0 bridgehead atoms. The van der Waals surface area contributed by atoms with Gasteiger partial charge in [-0.2, -0.15) is 0 Å². The molecule has 1 aliphatic rings. The van der Waals surface area contributed by atoms with Crippen LogP contribution in [0.25, 0.3) is 0 Å². The maximum atomic E-state index is 12.5. The zero-order valence-corrected chi connectivity index (χ0v) is 13.8. The van der Waals surface area contributed by atoms with Crippen molar-refractivity contribution in [3.05, 3.63) is 51.0 Å². The molecule has 0 fully saturated rings. The molecule has 3 rings (SSSR count). The highest BCUT2D eigenvalue weighted by molar-refractivity contribution is 7.92. The minimum atomic E-state index is -4.06. The second-order valence-corrected chi connectivity index (χ2v) is 7.07. The van der Waals surface area contributed by atoms with E-state index in [1.807, 2.05) is 0 Å². The first-order chi connectivity index (χ1) is 11.3. The van der Waals surface area contributed by atoms with Crippen molar-refractivity contribution in [1.29, 1.82) is 0 Å². The first-order valence-electron chi connectivity index (χ1n) is 6.65. The lowest BCUT2D eigenvalue weighted by Crippen LogP contribution is -2.13. The minimum absolute atomic E-state index is 0.00439. The van der Waals surface area contributed by atoms with E-state index in [9.17, 15) is 18.5 Å². The summed E-state index contributed by atoms with van der Waals surface area (Å²) in [7, 11) is -4.06. The molecule has 0 radical (unpaired) electrons. The van der Waals surface area contributed by atoms with Crippen LogP contribution >= 0.6 is 11.6 Å². The Balaban J connectivity index is 1.98. The summed E-state index contributed by atoms with van der Waals surface area (Å²) in [6, 6.07) is 6.65. The number of nitrogens with zero attached hydrogens (tertiary/aromatic N) is 1. The second kappa shape index (κ2) is 5.84. The predicted octanol–water partition coefficient (Wildman–Crippen LogP) is 3.09. The van der Waals surface area contributed by atoms with E-state index < -0.39 is 14.9 Å². The van der Waals surface area contributed by atoms with Crippen molar-refractivity contribution < 1.29 is 22.8 Å². The lowest BCUT2D eigenvalue weighted by molar-refractivity contribution is -0.385. The first kappa shape index (κ1) is 16.3. The number of nitro groups is 1. The van der Waals surface area contributed by atoms with Gasteiger partial charge in [0, 0.05) is 17.7 Å². The summed E-state index contributed by atoms with van der Waals surface area (Å²) in [4.78, 5) is 10.1. The van der Waals surface area contributed by atoms with E-state index in [0.717, 1.165) is 6.07 Å². The third-order valence-corrected chi connectivity index (χ3v) is 5.18. The number of nitro benzene ring substituents is 1. The fraction of sp³-hybridized carbons (Fsp3) is 0.143. The summed E-state index contributed by atoms with van der Waals surface area (Å²) in [5.74, 6) is 0.912. The predicted molar refractivity (Wildman–Crippen MR) is 86.2 cm³/mol. The Morgan fingerprint density at radius 1 is 1.21 bits per heavy atom. The molecular formula is C14H11ClN2O6S. The smallest absolute Gasteiger partial charge is 0.275 e. The summed E-state index contributed by atoms with van der Waals surface area (Å²) < 4.78 is 37.6. The number of hydrogen-bond donors (Lipinski definition) is 1. The molecule has 10 heteroatoms. The molecule has 0 unspecified atom stereocenters. The van der Waals surface area contributed by atoms with E-state index in [1.54, 1.807) is 6.07 Å². The van der Waals surface area contributed by atoms with Gasteiger partial charge in [0.1, 0.15) is 0 Å². The van der Waals surface area contributed by atoms with Crippen LogP contribution in [0.5, 0.6) is 11.5 Å². The van der Waals surface area contributed by atoms with Gasteiger partial charge in [-0.3, -0.25) is 14.8 Å². The average molecular weight is 371 g/mol. The van der Waals surface area contributed by atoms with Crippen molar-refractivity contribution in [1.82, 2.24) is 0 Å². The van der Waals surface area contributed by atoms with Crippen molar-refractivity contribution in [3.8, 4) is 11.5 Å². The van der Waals surface area contributed by atoms with E-state index in [4.69, 9.17) is 21.1 Å². The van der Waals surface area contributed by atoms with Crippen LogP contribution in [0.2, 0.25) is 5.02 Å². The number of fused-ring (bicyclic) bond motifs is 1. The largest absolute Gasteiger partial charge is 0.454 e. The van der Waals surface area contributed by atoms with Crippen LogP contribution in [0.15, 0.2) is 35.2 Å². The molecule has 1 heterocycles. The van der Waals surface area contributed by atoms with Crippen molar-refractivity contribution in [3.63, 3.8) is 0 Å². The fourth-order valence-electron chi connectivity index (χ4n) is 2.16. The molecule has 0 saturated carbocycles. The van der Waals surface area contributed by atoms with E-state index in [1.165, 1.54) is 25.1 Å². The molecule has 1 N–H and O–H groups in total. The second-order valence-electron chi connectivity index (χ2n) is 4.98. The molecule has 0 atom stereocenters. The average Bonchev–Trinajstić information content (AvgIpc) is 2.96. The van der Waals surface area contributed by atoms with Crippen molar-refractivity contribution in [2.24, 2.45) is 0 Å². The Morgan fingerprint density at radius 3 is 2.62 bits per heavy atom. The number of sulfonamides is 1. The zero-order chi connectivity index (χ0) is 17.5. The maximum Gasteiger partial charge on any atom is 0.275 e. The van der Waals surface area contributed by atoms with Crippen LogP contribution in [0, 0.1) is 17.0 Å². The lowest BCUT2D eigenvalue weighted by atomic mass is 10.2. The lowest BCUT2D eigenvalue weighted by Gasteiger charge is -2.10. The highest BCUT2D eigenvalue weighted by Gasteiger charge is 2.23. The molecule has 24 heavy (non-hydrogen) atoms. The van der Waals surface area contributed by atoms with Crippen LogP contribution in [-0.2, 0) is 10.0 Å². The van der Waals surface area contributed by atoms with E-state index in [0.29, 0.717) is 11.5 Å². The molecule has 126 valence electrons. The normalized spacial score (nSPS) is 12.9. The Kier molecular flexibility index (Phi) is 3.98. The molecule has 2 aromatic rings.